The SMILES string of the molecule is C[Si](C)(C)CCOCn1nc(I)c2nc[nH]c(=O)c21.Cn1cnc2c(I)nn(COCC[Si](C)(C)C)c2c1=O. The van der Waals surface area contributed by atoms with E-state index in [0.717, 1.165) is 15.8 Å². The van der Waals surface area contributed by atoms with Crippen molar-refractivity contribution in [1.82, 2.24) is 39.1 Å². The molecule has 0 aromatic carbocycles. The van der Waals surface area contributed by atoms with Crippen molar-refractivity contribution in [3.8, 4) is 0 Å². The van der Waals surface area contributed by atoms with E-state index in [4.69, 9.17) is 9.47 Å². The van der Waals surface area contributed by atoms with E-state index in [2.05, 4.69) is 110 Å². The molecule has 214 valence electrons. The van der Waals surface area contributed by atoms with Gasteiger partial charge in [0.15, 0.2) is 11.0 Å². The molecule has 4 heterocycles. The minimum Gasteiger partial charge on any atom is -0.360 e. The highest BCUT2D eigenvalue weighted by Crippen LogP contribution is 2.16. The minimum atomic E-state index is -1.10. The second-order valence-corrected chi connectivity index (χ2v) is 24.8. The fraction of sp³-hybridized carbons (Fsp3) is 0.565. The highest BCUT2D eigenvalue weighted by Gasteiger charge is 2.17. The quantitative estimate of drug-likeness (QED) is 0.144. The summed E-state index contributed by atoms with van der Waals surface area (Å²) in [7, 11) is -0.504. The zero-order chi connectivity index (χ0) is 29.0. The maximum absolute atomic E-state index is 12.2. The van der Waals surface area contributed by atoms with Crippen LogP contribution in [0.15, 0.2) is 22.2 Å². The third-order valence-corrected chi connectivity index (χ3v) is 10.5. The molecule has 0 spiro atoms. The monoisotopic (exact) mass is 798 g/mol. The Morgan fingerprint density at radius 1 is 0.821 bits per heavy atom. The van der Waals surface area contributed by atoms with Crippen LogP contribution >= 0.6 is 45.2 Å². The van der Waals surface area contributed by atoms with Gasteiger partial charge in [-0.15, -0.1) is 0 Å². The Hall–Kier alpha value is -1.49. The first-order chi connectivity index (χ1) is 18.2. The van der Waals surface area contributed by atoms with Gasteiger partial charge < -0.3 is 19.0 Å². The topological polar surface area (TPSA) is 135 Å². The molecule has 1 N–H and O–H groups in total. The molecule has 0 fully saturated rings. The molecule has 0 saturated heterocycles. The van der Waals surface area contributed by atoms with Crippen molar-refractivity contribution in [3.63, 3.8) is 0 Å². The molecule has 16 heteroatoms. The van der Waals surface area contributed by atoms with Crippen LogP contribution in [0, 0.1) is 7.40 Å². The van der Waals surface area contributed by atoms with Crippen LogP contribution in [0.2, 0.25) is 51.4 Å². The molecule has 0 amide bonds. The average Bonchev–Trinajstić information content (AvgIpc) is 3.33. The molecule has 0 saturated carbocycles. The molecule has 0 aliphatic carbocycles. The van der Waals surface area contributed by atoms with Gasteiger partial charge in [0.25, 0.3) is 11.1 Å². The van der Waals surface area contributed by atoms with Crippen molar-refractivity contribution in [1.29, 1.82) is 0 Å². The third kappa shape index (κ3) is 9.00. The Kier molecular flexibility index (Phi) is 11.0. The summed E-state index contributed by atoms with van der Waals surface area (Å²) >= 11 is 4.16. The lowest BCUT2D eigenvalue weighted by atomic mass is 10.4. The van der Waals surface area contributed by atoms with E-state index < -0.39 is 16.1 Å². The predicted molar refractivity (Wildman–Crippen MR) is 175 cm³/mol. The lowest BCUT2D eigenvalue weighted by molar-refractivity contribution is 0.0812. The number of nitrogens with zero attached hydrogens (tertiary/aromatic N) is 7. The molecule has 0 unspecified atom stereocenters. The Bertz CT molecular complexity index is 1540. The predicted octanol–water partition coefficient (Wildman–Crippen LogP) is 4.08. The second kappa shape index (κ2) is 13.5. The number of nitrogens with one attached hydrogen (secondary N) is 1. The maximum Gasteiger partial charge on any atom is 0.279 e. The average molecular weight is 799 g/mol. The lowest BCUT2D eigenvalue weighted by Gasteiger charge is -2.15. The van der Waals surface area contributed by atoms with E-state index in [1.54, 1.807) is 16.4 Å². The number of aromatic amines is 1. The normalized spacial score (nSPS) is 12.2. The van der Waals surface area contributed by atoms with Crippen LogP contribution in [0.3, 0.4) is 0 Å². The van der Waals surface area contributed by atoms with Gasteiger partial charge in [0.2, 0.25) is 0 Å². The van der Waals surface area contributed by atoms with E-state index >= 15 is 0 Å². The van der Waals surface area contributed by atoms with E-state index in [-0.39, 0.29) is 11.1 Å². The van der Waals surface area contributed by atoms with Gasteiger partial charge in [0, 0.05) is 36.4 Å². The number of fused-ring (bicyclic) bond motifs is 2. The summed E-state index contributed by atoms with van der Waals surface area (Å²) in [6.07, 6.45) is 2.91. The Labute approximate surface area is 256 Å². The number of hydrogen-bond acceptors (Lipinski definition) is 8. The van der Waals surface area contributed by atoms with Crippen molar-refractivity contribution in [2.45, 2.75) is 64.8 Å². The van der Waals surface area contributed by atoms with Crippen LogP contribution in [-0.2, 0) is 30.0 Å². The molecule has 4 aromatic rings. The van der Waals surface area contributed by atoms with Crippen LogP contribution in [0.5, 0.6) is 0 Å². The molecule has 0 aliphatic rings. The van der Waals surface area contributed by atoms with Gasteiger partial charge >= 0.3 is 0 Å². The van der Waals surface area contributed by atoms with E-state index in [1.807, 2.05) is 0 Å². The fourth-order valence-electron chi connectivity index (χ4n) is 3.35. The molecule has 4 rings (SSSR count). The molecule has 4 aromatic heterocycles. The van der Waals surface area contributed by atoms with E-state index in [9.17, 15) is 9.59 Å². The number of aryl methyl sites for hydroxylation is 1. The number of halogens is 2. The molecule has 0 aliphatic heterocycles. The van der Waals surface area contributed by atoms with E-state index in [0.29, 0.717) is 52.4 Å². The smallest absolute Gasteiger partial charge is 0.279 e. The summed E-state index contributed by atoms with van der Waals surface area (Å²) in [5.74, 6) is 0. The molecular formula is C23H36I2N8O4Si2. The van der Waals surface area contributed by atoms with Gasteiger partial charge in [0.1, 0.15) is 31.9 Å². The van der Waals surface area contributed by atoms with Gasteiger partial charge in [-0.2, -0.15) is 10.2 Å². The summed E-state index contributed by atoms with van der Waals surface area (Å²) in [6.45, 7) is 15.8. The summed E-state index contributed by atoms with van der Waals surface area (Å²) in [4.78, 5) is 34.9. The van der Waals surface area contributed by atoms with Crippen molar-refractivity contribution >= 4 is 83.4 Å². The first-order valence-electron chi connectivity index (χ1n) is 12.5. The molecule has 0 bridgehead atoms. The lowest BCUT2D eigenvalue weighted by Crippen LogP contribution is -2.23. The van der Waals surface area contributed by atoms with Crippen LogP contribution in [0.25, 0.3) is 22.1 Å². The zero-order valence-electron chi connectivity index (χ0n) is 23.4. The van der Waals surface area contributed by atoms with Gasteiger partial charge in [-0.05, 0) is 57.3 Å². The van der Waals surface area contributed by atoms with Crippen LogP contribution < -0.4 is 11.1 Å². The molecule has 0 atom stereocenters. The number of ether oxygens (including phenoxy) is 2. The molecule has 39 heavy (non-hydrogen) atoms. The highest BCUT2D eigenvalue weighted by molar-refractivity contribution is 14.1. The third-order valence-electron chi connectivity index (χ3n) is 5.68. The van der Waals surface area contributed by atoms with Gasteiger partial charge in [-0.3, -0.25) is 9.59 Å². The van der Waals surface area contributed by atoms with Crippen molar-refractivity contribution in [2.24, 2.45) is 7.05 Å². The standard InChI is InChI=1S/C12H19IN4O2Si.C11H17IN4O2Si/c1-16-7-14-9-10(12(16)18)17(15-11(9)13)8-19-5-6-20(2,3)4;1-19(2,3)5-4-18-7-16-9-8(10(12)15-16)13-6-14-11(9)17/h7H,5-6,8H2,1-4H3;6H,4-5,7H2,1-3H3,(H,13,14,17). The number of rotatable bonds is 10. The largest absolute Gasteiger partial charge is 0.360 e. The van der Waals surface area contributed by atoms with Crippen LogP contribution in [0.1, 0.15) is 0 Å². The highest BCUT2D eigenvalue weighted by atomic mass is 127. The van der Waals surface area contributed by atoms with Crippen LogP contribution in [-0.4, -0.2) is 68.4 Å². The molecule has 0 radical (unpaired) electrons. The maximum atomic E-state index is 12.2. The van der Waals surface area contributed by atoms with Gasteiger partial charge in [0.05, 0.1) is 12.7 Å². The van der Waals surface area contributed by atoms with Gasteiger partial charge in [-0.1, -0.05) is 39.3 Å². The first-order valence-corrected chi connectivity index (χ1v) is 22.1. The Morgan fingerprint density at radius 2 is 1.31 bits per heavy atom. The van der Waals surface area contributed by atoms with E-state index in [1.165, 1.54) is 17.2 Å². The zero-order valence-corrected chi connectivity index (χ0v) is 29.7. The number of hydrogen-bond donors (Lipinski definition) is 1. The summed E-state index contributed by atoms with van der Waals surface area (Å²) in [5, 5.41) is 8.63. The summed E-state index contributed by atoms with van der Waals surface area (Å²) < 4.78 is 17.4. The fourth-order valence-corrected chi connectivity index (χ4v) is 6.17. The first kappa shape index (κ1) is 32.0. The van der Waals surface area contributed by atoms with Gasteiger partial charge in [-0.25, -0.2) is 19.3 Å². The second-order valence-electron chi connectivity index (χ2n) is 11.6. The Morgan fingerprint density at radius 3 is 1.82 bits per heavy atom. The Balaban J connectivity index is 0.000000216. The number of H-pyrrole nitrogens is 1. The van der Waals surface area contributed by atoms with Crippen molar-refractivity contribution < 1.29 is 9.47 Å². The molecular weight excluding hydrogens is 762 g/mol. The van der Waals surface area contributed by atoms with Crippen molar-refractivity contribution in [3.05, 3.63) is 40.8 Å². The molecule has 12 nitrogen and oxygen atoms in total. The summed E-state index contributed by atoms with van der Waals surface area (Å²) in [6, 6.07) is 2.19. The van der Waals surface area contributed by atoms with Crippen LogP contribution in [0.4, 0.5) is 0 Å². The number of aromatic nitrogens is 8. The van der Waals surface area contributed by atoms with Crippen molar-refractivity contribution in [2.75, 3.05) is 13.2 Å². The minimum absolute atomic E-state index is 0.0980. The summed E-state index contributed by atoms with van der Waals surface area (Å²) in [5.41, 5.74) is 1.96.